The SMILES string of the molecule is COc1cc2nccc(Oc3ccc(NC(=O)NCCCc4ccc(C(F)(F)F)cc4)cc3)c2cc1OC. The van der Waals surface area contributed by atoms with Crippen molar-refractivity contribution in [2.24, 2.45) is 0 Å². The van der Waals surface area contributed by atoms with Crippen molar-refractivity contribution in [3.8, 4) is 23.0 Å². The van der Waals surface area contributed by atoms with Crippen molar-refractivity contribution in [3.05, 3.63) is 84.1 Å². The molecule has 38 heavy (non-hydrogen) atoms. The van der Waals surface area contributed by atoms with Gasteiger partial charge < -0.3 is 24.8 Å². The highest BCUT2D eigenvalue weighted by molar-refractivity contribution is 5.89. The summed E-state index contributed by atoms with van der Waals surface area (Å²) in [6.45, 7) is 0.372. The maximum atomic E-state index is 12.6. The van der Waals surface area contributed by atoms with Gasteiger partial charge in [0.2, 0.25) is 0 Å². The van der Waals surface area contributed by atoms with Gasteiger partial charge in [0.05, 0.1) is 25.3 Å². The molecule has 2 N–H and O–H groups in total. The highest BCUT2D eigenvalue weighted by Gasteiger charge is 2.29. The summed E-state index contributed by atoms with van der Waals surface area (Å²) >= 11 is 0. The summed E-state index contributed by atoms with van der Waals surface area (Å²) in [7, 11) is 3.12. The number of urea groups is 1. The molecule has 0 aliphatic rings. The molecule has 198 valence electrons. The van der Waals surface area contributed by atoms with Crippen LogP contribution in [0.3, 0.4) is 0 Å². The number of rotatable bonds is 9. The van der Waals surface area contributed by atoms with Gasteiger partial charge in [-0.05, 0) is 66.9 Å². The third kappa shape index (κ3) is 6.64. The second-order valence-corrected chi connectivity index (χ2v) is 8.34. The van der Waals surface area contributed by atoms with Gasteiger partial charge in [-0.25, -0.2) is 4.79 Å². The molecule has 4 rings (SSSR count). The van der Waals surface area contributed by atoms with Crippen LogP contribution in [0.4, 0.5) is 23.7 Å². The molecule has 0 radical (unpaired) electrons. The van der Waals surface area contributed by atoms with E-state index < -0.39 is 11.7 Å². The summed E-state index contributed by atoms with van der Waals surface area (Å²) in [6.07, 6.45) is -1.57. The lowest BCUT2D eigenvalue weighted by Gasteiger charge is -2.13. The quantitative estimate of drug-likeness (QED) is 0.235. The summed E-state index contributed by atoms with van der Waals surface area (Å²) in [5.74, 6) is 2.28. The number of methoxy groups -OCH3 is 2. The van der Waals surface area contributed by atoms with E-state index >= 15 is 0 Å². The van der Waals surface area contributed by atoms with Crippen molar-refractivity contribution in [3.63, 3.8) is 0 Å². The Hall–Kier alpha value is -4.47. The molecule has 3 aromatic carbocycles. The Morgan fingerprint density at radius 1 is 0.895 bits per heavy atom. The first-order valence-corrected chi connectivity index (χ1v) is 11.8. The van der Waals surface area contributed by atoms with E-state index in [0.717, 1.165) is 23.1 Å². The molecule has 0 unspecified atom stereocenters. The topological polar surface area (TPSA) is 81.7 Å². The van der Waals surface area contributed by atoms with Gasteiger partial charge >= 0.3 is 12.2 Å². The molecule has 1 heterocycles. The lowest BCUT2D eigenvalue weighted by atomic mass is 10.1. The normalized spacial score (nSPS) is 11.2. The fourth-order valence-electron chi connectivity index (χ4n) is 3.80. The Kier molecular flexibility index (Phi) is 8.20. The molecule has 4 aromatic rings. The first-order chi connectivity index (χ1) is 18.3. The van der Waals surface area contributed by atoms with Gasteiger partial charge in [-0.3, -0.25) is 4.98 Å². The Labute approximate surface area is 217 Å². The molecule has 0 saturated heterocycles. The zero-order chi connectivity index (χ0) is 27.1. The first-order valence-electron chi connectivity index (χ1n) is 11.8. The lowest BCUT2D eigenvalue weighted by Crippen LogP contribution is -2.29. The number of benzene rings is 3. The number of hydrogen-bond donors (Lipinski definition) is 2. The van der Waals surface area contributed by atoms with Gasteiger partial charge in [0.25, 0.3) is 0 Å². The number of amides is 2. The smallest absolute Gasteiger partial charge is 0.416 e. The Morgan fingerprint density at radius 3 is 2.24 bits per heavy atom. The Balaban J connectivity index is 1.28. The second-order valence-electron chi connectivity index (χ2n) is 8.34. The number of nitrogens with one attached hydrogen (secondary N) is 2. The summed E-state index contributed by atoms with van der Waals surface area (Å²) in [4.78, 5) is 16.6. The summed E-state index contributed by atoms with van der Waals surface area (Å²) < 4.78 is 54.7. The molecule has 10 heteroatoms. The van der Waals surface area contributed by atoms with Crippen LogP contribution in [0.15, 0.2) is 72.9 Å². The van der Waals surface area contributed by atoms with Gasteiger partial charge in [-0.15, -0.1) is 0 Å². The minimum atomic E-state index is -4.35. The zero-order valence-corrected chi connectivity index (χ0v) is 20.8. The standard InChI is InChI=1S/C28H26F3N3O4/c1-36-25-16-22-23(17-26(25)37-2)32-15-13-24(22)38-21-11-9-20(10-12-21)34-27(35)33-14-3-4-18-5-7-19(8-6-18)28(29,30)31/h5-13,15-17H,3-4,14H2,1-2H3,(H2,33,34,35). The van der Waals surface area contributed by atoms with E-state index in [1.54, 1.807) is 62.9 Å². The molecule has 7 nitrogen and oxygen atoms in total. The minimum absolute atomic E-state index is 0.372. The van der Waals surface area contributed by atoms with Crippen molar-refractivity contribution in [2.45, 2.75) is 19.0 Å². The van der Waals surface area contributed by atoms with E-state index in [9.17, 15) is 18.0 Å². The van der Waals surface area contributed by atoms with E-state index in [2.05, 4.69) is 15.6 Å². The molecule has 0 atom stereocenters. The summed E-state index contributed by atoms with van der Waals surface area (Å²) in [5.41, 5.74) is 1.36. The number of aryl methyl sites for hydroxylation is 1. The molecule has 0 aliphatic heterocycles. The fraction of sp³-hybridized carbons (Fsp3) is 0.214. The van der Waals surface area contributed by atoms with Crippen LogP contribution in [-0.2, 0) is 12.6 Å². The van der Waals surface area contributed by atoms with Crippen molar-refractivity contribution < 1.29 is 32.2 Å². The molecule has 0 bridgehead atoms. The number of carbonyl (C=O) groups excluding carboxylic acids is 1. The van der Waals surface area contributed by atoms with Crippen LogP contribution in [-0.4, -0.2) is 31.8 Å². The third-order valence-corrected chi connectivity index (χ3v) is 5.76. The molecular weight excluding hydrogens is 499 g/mol. The van der Waals surface area contributed by atoms with Gasteiger partial charge in [-0.1, -0.05) is 12.1 Å². The molecule has 0 spiro atoms. The molecule has 0 fully saturated rings. The van der Waals surface area contributed by atoms with Gasteiger partial charge in [0, 0.05) is 29.9 Å². The van der Waals surface area contributed by atoms with Gasteiger partial charge in [0.1, 0.15) is 11.5 Å². The molecular formula is C28H26F3N3O4. The second kappa shape index (κ2) is 11.7. The molecule has 2 amide bonds. The molecule has 0 saturated carbocycles. The zero-order valence-electron chi connectivity index (χ0n) is 20.8. The highest BCUT2D eigenvalue weighted by atomic mass is 19.4. The van der Waals surface area contributed by atoms with Crippen molar-refractivity contribution >= 4 is 22.6 Å². The van der Waals surface area contributed by atoms with Crippen molar-refractivity contribution in [2.75, 3.05) is 26.1 Å². The Morgan fingerprint density at radius 2 is 1.58 bits per heavy atom. The lowest BCUT2D eigenvalue weighted by molar-refractivity contribution is -0.137. The van der Waals surface area contributed by atoms with Crippen molar-refractivity contribution in [1.29, 1.82) is 0 Å². The summed E-state index contributed by atoms with van der Waals surface area (Å²) in [6, 6.07) is 16.9. The number of fused-ring (bicyclic) bond motifs is 1. The first kappa shape index (κ1) is 26.6. The maximum Gasteiger partial charge on any atom is 0.416 e. The maximum absolute atomic E-state index is 12.6. The number of pyridine rings is 1. The van der Waals surface area contributed by atoms with E-state index in [0.29, 0.717) is 53.6 Å². The van der Waals surface area contributed by atoms with Crippen LogP contribution in [0.2, 0.25) is 0 Å². The number of carbonyl (C=O) groups is 1. The van der Waals surface area contributed by atoms with Crippen LogP contribution in [0.25, 0.3) is 10.9 Å². The number of anilines is 1. The van der Waals surface area contributed by atoms with E-state index in [1.165, 1.54) is 12.1 Å². The van der Waals surface area contributed by atoms with Crippen LogP contribution in [0, 0.1) is 0 Å². The van der Waals surface area contributed by atoms with Crippen LogP contribution < -0.4 is 24.8 Å². The summed E-state index contributed by atoms with van der Waals surface area (Å²) in [5, 5.41) is 6.24. The van der Waals surface area contributed by atoms with E-state index in [-0.39, 0.29) is 6.03 Å². The fourth-order valence-corrected chi connectivity index (χ4v) is 3.80. The minimum Gasteiger partial charge on any atom is -0.493 e. The number of ether oxygens (including phenoxy) is 3. The largest absolute Gasteiger partial charge is 0.493 e. The van der Waals surface area contributed by atoms with Crippen molar-refractivity contribution in [1.82, 2.24) is 10.3 Å². The number of aromatic nitrogens is 1. The molecule has 1 aromatic heterocycles. The third-order valence-electron chi connectivity index (χ3n) is 5.76. The van der Waals surface area contributed by atoms with E-state index in [4.69, 9.17) is 14.2 Å². The average molecular weight is 526 g/mol. The van der Waals surface area contributed by atoms with Crippen LogP contribution in [0.1, 0.15) is 17.5 Å². The molecule has 0 aliphatic carbocycles. The van der Waals surface area contributed by atoms with E-state index in [1.807, 2.05) is 0 Å². The monoisotopic (exact) mass is 525 g/mol. The number of hydrogen-bond acceptors (Lipinski definition) is 5. The van der Waals surface area contributed by atoms with Crippen LogP contribution in [0.5, 0.6) is 23.0 Å². The number of alkyl halides is 3. The predicted molar refractivity (Wildman–Crippen MR) is 138 cm³/mol. The Bertz CT molecular complexity index is 1390. The number of nitrogens with zero attached hydrogens (tertiary/aromatic N) is 1. The highest BCUT2D eigenvalue weighted by Crippen LogP contribution is 2.37. The predicted octanol–water partition coefficient (Wildman–Crippen LogP) is 6.82. The average Bonchev–Trinajstić information content (AvgIpc) is 2.91. The number of halogens is 3. The van der Waals surface area contributed by atoms with Crippen LogP contribution >= 0.6 is 0 Å². The van der Waals surface area contributed by atoms with Gasteiger partial charge in [0.15, 0.2) is 11.5 Å². The van der Waals surface area contributed by atoms with Gasteiger partial charge in [-0.2, -0.15) is 13.2 Å².